The summed E-state index contributed by atoms with van der Waals surface area (Å²) in [4.78, 5) is 23.5. The molecule has 4 N–H and O–H groups in total. The molecule has 5 nitrogen and oxygen atoms in total. The van der Waals surface area contributed by atoms with Crippen molar-refractivity contribution in [3.05, 3.63) is 0 Å². The van der Waals surface area contributed by atoms with Gasteiger partial charge in [0.1, 0.15) is 0 Å². The molecule has 0 bridgehead atoms. The van der Waals surface area contributed by atoms with Crippen LogP contribution in [0.1, 0.15) is 46.0 Å². The van der Waals surface area contributed by atoms with Gasteiger partial charge in [0.25, 0.3) is 0 Å². The molecule has 1 rings (SSSR count). The number of amides is 2. The van der Waals surface area contributed by atoms with Crippen molar-refractivity contribution < 1.29 is 9.59 Å². The predicted molar refractivity (Wildman–Crippen MR) is 75.4 cm³/mol. The molecule has 0 aromatic rings. The molecule has 1 aliphatic rings. The molecule has 0 radical (unpaired) electrons. The van der Waals surface area contributed by atoms with Crippen molar-refractivity contribution in [2.75, 3.05) is 13.6 Å². The molecule has 19 heavy (non-hydrogen) atoms. The molecule has 0 aromatic carbocycles. The quantitative estimate of drug-likeness (QED) is 0.689. The molecular weight excluding hydrogens is 242 g/mol. The first-order valence-corrected chi connectivity index (χ1v) is 7.09. The van der Waals surface area contributed by atoms with Gasteiger partial charge in [-0.15, -0.1) is 0 Å². The van der Waals surface area contributed by atoms with Crippen molar-refractivity contribution >= 4 is 11.8 Å². The number of nitrogens with one attached hydrogen (secondary N) is 2. The maximum atomic E-state index is 11.9. The Kier molecular flexibility index (Phi) is 5.79. The Morgan fingerprint density at radius 1 is 1.32 bits per heavy atom. The lowest BCUT2D eigenvalue weighted by Gasteiger charge is -2.27. The Balaban J connectivity index is 2.33. The molecule has 2 amide bonds. The van der Waals surface area contributed by atoms with Gasteiger partial charge >= 0.3 is 0 Å². The minimum atomic E-state index is -0.576. The Hall–Kier alpha value is -1.10. The van der Waals surface area contributed by atoms with E-state index in [-0.39, 0.29) is 17.9 Å². The Morgan fingerprint density at radius 2 is 2.00 bits per heavy atom. The lowest BCUT2D eigenvalue weighted by Crippen LogP contribution is -2.44. The third-order valence-corrected chi connectivity index (χ3v) is 3.87. The molecule has 1 saturated carbocycles. The van der Waals surface area contributed by atoms with Crippen molar-refractivity contribution in [1.82, 2.24) is 10.6 Å². The Morgan fingerprint density at radius 3 is 2.58 bits per heavy atom. The van der Waals surface area contributed by atoms with Crippen LogP contribution in [0.25, 0.3) is 0 Å². The highest BCUT2D eigenvalue weighted by molar-refractivity contribution is 5.83. The summed E-state index contributed by atoms with van der Waals surface area (Å²) in [5, 5.41) is 5.47. The molecule has 5 heteroatoms. The zero-order chi connectivity index (χ0) is 14.5. The van der Waals surface area contributed by atoms with Crippen molar-refractivity contribution in [2.24, 2.45) is 17.1 Å². The van der Waals surface area contributed by atoms with Crippen molar-refractivity contribution in [3.63, 3.8) is 0 Å². The van der Waals surface area contributed by atoms with Gasteiger partial charge < -0.3 is 16.4 Å². The van der Waals surface area contributed by atoms with Crippen LogP contribution in [0.3, 0.4) is 0 Å². The summed E-state index contributed by atoms with van der Waals surface area (Å²) in [6, 6.07) is 0.244. The monoisotopic (exact) mass is 269 g/mol. The lowest BCUT2D eigenvalue weighted by molar-refractivity contribution is -0.129. The van der Waals surface area contributed by atoms with Gasteiger partial charge in [-0.1, -0.05) is 6.42 Å². The standard InChI is InChI=1S/C14H27N3O2/c1-14(2,13(19)16-3)9-17-12(18)8-10-5-4-6-11(15)7-10/h10-11H,4-9,15H2,1-3H3,(H,16,19)(H,17,18). The summed E-state index contributed by atoms with van der Waals surface area (Å²) < 4.78 is 0. The summed E-state index contributed by atoms with van der Waals surface area (Å²) in [6.45, 7) is 4.01. The van der Waals surface area contributed by atoms with Crippen LogP contribution in [0, 0.1) is 11.3 Å². The maximum absolute atomic E-state index is 11.9. The van der Waals surface area contributed by atoms with Gasteiger partial charge in [0.15, 0.2) is 0 Å². The fraction of sp³-hybridized carbons (Fsp3) is 0.857. The van der Waals surface area contributed by atoms with Crippen LogP contribution in [-0.4, -0.2) is 31.4 Å². The summed E-state index contributed by atoms with van der Waals surface area (Å²) in [5.74, 6) is 0.357. The minimum absolute atomic E-state index is 0.0241. The third-order valence-electron chi connectivity index (χ3n) is 3.87. The fourth-order valence-corrected chi connectivity index (χ4v) is 2.59. The van der Waals surface area contributed by atoms with E-state index in [1.165, 1.54) is 0 Å². The highest BCUT2D eigenvalue weighted by Crippen LogP contribution is 2.25. The second-order valence-electron chi connectivity index (χ2n) is 6.24. The van der Waals surface area contributed by atoms with E-state index in [9.17, 15) is 9.59 Å². The zero-order valence-corrected chi connectivity index (χ0v) is 12.3. The van der Waals surface area contributed by atoms with Gasteiger partial charge in [0.05, 0.1) is 5.41 Å². The Labute approximate surface area is 115 Å². The van der Waals surface area contributed by atoms with E-state index in [1.54, 1.807) is 7.05 Å². The van der Waals surface area contributed by atoms with Crippen LogP contribution in [-0.2, 0) is 9.59 Å². The number of hydrogen-bond acceptors (Lipinski definition) is 3. The minimum Gasteiger partial charge on any atom is -0.359 e. The zero-order valence-electron chi connectivity index (χ0n) is 12.3. The van der Waals surface area contributed by atoms with Crippen molar-refractivity contribution in [1.29, 1.82) is 0 Å². The number of nitrogens with two attached hydrogens (primary N) is 1. The van der Waals surface area contributed by atoms with E-state index in [4.69, 9.17) is 5.73 Å². The second-order valence-corrected chi connectivity index (χ2v) is 6.24. The van der Waals surface area contributed by atoms with E-state index in [0.29, 0.717) is 18.9 Å². The van der Waals surface area contributed by atoms with Crippen LogP contribution in [0.4, 0.5) is 0 Å². The van der Waals surface area contributed by atoms with Crippen LogP contribution in [0.2, 0.25) is 0 Å². The molecular formula is C14H27N3O2. The van der Waals surface area contributed by atoms with E-state index in [0.717, 1.165) is 25.7 Å². The third kappa shape index (κ3) is 5.19. The highest BCUT2D eigenvalue weighted by atomic mass is 16.2. The van der Waals surface area contributed by atoms with E-state index in [2.05, 4.69) is 10.6 Å². The predicted octanol–water partition coefficient (Wildman–Crippen LogP) is 0.782. The molecule has 110 valence electrons. The molecule has 2 unspecified atom stereocenters. The normalized spacial score (nSPS) is 23.8. The van der Waals surface area contributed by atoms with Gasteiger partial charge in [0.2, 0.25) is 11.8 Å². The first kappa shape index (κ1) is 16.0. The summed E-state index contributed by atoms with van der Waals surface area (Å²) in [6.07, 6.45) is 4.73. The summed E-state index contributed by atoms with van der Waals surface area (Å²) >= 11 is 0. The van der Waals surface area contributed by atoms with Gasteiger partial charge in [-0.2, -0.15) is 0 Å². The van der Waals surface area contributed by atoms with Gasteiger partial charge in [-0.3, -0.25) is 9.59 Å². The molecule has 2 atom stereocenters. The topological polar surface area (TPSA) is 84.2 Å². The molecule has 0 saturated heterocycles. The van der Waals surface area contributed by atoms with Crippen LogP contribution < -0.4 is 16.4 Å². The molecule has 0 aromatic heterocycles. The average Bonchev–Trinajstić information content (AvgIpc) is 2.35. The largest absolute Gasteiger partial charge is 0.359 e. The van der Waals surface area contributed by atoms with Gasteiger partial charge in [-0.05, 0) is 39.0 Å². The van der Waals surface area contributed by atoms with Gasteiger partial charge in [-0.25, -0.2) is 0 Å². The SMILES string of the molecule is CNC(=O)C(C)(C)CNC(=O)CC1CCCC(N)C1. The number of rotatable bonds is 5. The van der Waals surface area contributed by atoms with Crippen molar-refractivity contribution in [2.45, 2.75) is 52.0 Å². The maximum Gasteiger partial charge on any atom is 0.227 e. The molecule has 0 aliphatic heterocycles. The first-order valence-electron chi connectivity index (χ1n) is 7.09. The van der Waals surface area contributed by atoms with Crippen LogP contribution >= 0.6 is 0 Å². The summed E-state index contributed by atoms with van der Waals surface area (Å²) in [7, 11) is 1.61. The van der Waals surface area contributed by atoms with Crippen LogP contribution in [0.15, 0.2) is 0 Å². The number of carbonyl (C=O) groups excluding carboxylic acids is 2. The number of hydrogen-bond donors (Lipinski definition) is 3. The van der Waals surface area contributed by atoms with Crippen LogP contribution in [0.5, 0.6) is 0 Å². The second kappa shape index (κ2) is 6.89. The fourth-order valence-electron chi connectivity index (χ4n) is 2.59. The Bertz CT molecular complexity index is 329. The molecule has 0 spiro atoms. The van der Waals surface area contributed by atoms with E-state index in [1.807, 2.05) is 13.8 Å². The number of carbonyl (C=O) groups is 2. The smallest absolute Gasteiger partial charge is 0.227 e. The molecule has 1 fully saturated rings. The van der Waals surface area contributed by atoms with E-state index < -0.39 is 5.41 Å². The highest BCUT2D eigenvalue weighted by Gasteiger charge is 2.28. The van der Waals surface area contributed by atoms with Gasteiger partial charge in [0, 0.05) is 26.1 Å². The lowest BCUT2D eigenvalue weighted by atomic mass is 9.84. The van der Waals surface area contributed by atoms with Crippen molar-refractivity contribution in [3.8, 4) is 0 Å². The summed E-state index contributed by atoms with van der Waals surface area (Å²) in [5.41, 5.74) is 5.34. The molecule has 0 heterocycles. The molecule has 1 aliphatic carbocycles. The van der Waals surface area contributed by atoms with E-state index >= 15 is 0 Å². The average molecular weight is 269 g/mol. The first-order chi connectivity index (χ1) is 8.85.